The van der Waals surface area contributed by atoms with Gasteiger partial charge >= 0.3 is 0 Å². The first-order valence-electron chi connectivity index (χ1n) is 6.20. The Labute approximate surface area is 99.2 Å². The number of hydrogen-bond acceptors (Lipinski definition) is 1. The molecule has 15 heavy (non-hydrogen) atoms. The van der Waals surface area contributed by atoms with Gasteiger partial charge in [0.2, 0.25) is 0 Å². The molecule has 0 aromatic carbocycles. The van der Waals surface area contributed by atoms with E-state index < -0.39 is 0 Å². The molecule has 2 nitrogen and oxygen atoms in total. The van der Waals surface area contributed by atoms with E-state index >= 15 is 0 Å². The maximum absolute atomic E-state index is 5.31. The molecule has 0 aliphatic heterocycles. The van der Waals surface area contributed by atoms with Crippen molar-refractivity contribution in [2.24, 2.45) is 5.92 Å². The molecular formula is C12H24N2S. The van der Waals surface area contributed by atoms with Gasteiger partial charge in [-0.05, 0) is 44.3 Å². The molecule has 1 rings (SSSR count). The van der Waals surface area contributed by atoms with E-state index in [1.54, 1.807) is 0 Å². The van der Waals surface area contributed by atoms with Crippen LogP contribution in [0.3, 0.4) is 0 Å². The Hall–Kier alpha value is -0.310. The van der Waals surface area contributed by atoms with Crippen molar-refractivity contribution in [2.45, 2.75) is 65.0 Å². The van der Waals surface area contributed by atoms with Crippen LogP contribution in [-0.2, 0) is 0 Å². The molecule has 0 aromatic rings. The molecule has 0 saturated heterocycles. The Morgan fingerprint density at radius 3 is 2.67 bits per heavy atom. The van der Waals surface area contributed by atoms with E-state index in [1.165, 1.54) is 25.7 Å². The first-order valence-corrected chi connectivity index (χ1v) is 6.61. The Balaban J connectivity index is 2.29. The van der Waals surface area contributed by atoms with Crippen molar-refractivity contribution >= 4 is 17.3 Å². The van der Waals surface area contributed by atoms with Crippen LogP contribution in [0.2, 0.25) is 0 Å². The van der Waals surface area contributed by atoms with Gasteiger partial charge in [0, 0.05) is 12.1 Å². The van der Waals surface area contributed by atoms with Gasteiger partial charge in [-0.25, -0.2) is 0 Å². The van der Waals surface area contributed by atoms with E-state index in [9.17, 15) is 0 Å². The lowest BCUT2D eigenvalue weighted by Gasteiger charge is -2.31. The molecule has 0 bridgehead atoms. The fraction of sp³-hybridized carbons (Fsp3) is 0.917. The lowest BCUT2D eigenvalue weighted by atomic mass is 9.86. The summed E-state index contributed by atoms with van der Waals surface area (Å²) in [5, 5.41) is 7.61. The summed E-state index contributed by atoms with van der Waals surface area (Å²) >= 11 is 5.31. The highest BCUT2D eigenvalue weighted by molar-refractivity contribution is 7.80. The minimum absolute atomic E-state index is 0.476. The first-order chi connectivity index (χ1) is 7.13. The summed E-state index contributed by atoms with van der Waals surface area (Å²) in [6.07, 6.45) is 6.44. The second kappa shape index (κ2) is 6.31. The van der Waals surface area contributed by atoms with Crippen molar-refractivity contribution in [2.75, 3.05) is 0 Å². The van der Waals surface area contributed by atoms with Gasteiger partial charge in [-0.1, -0.05) is 26.7 Å². The fourth-order valence-corrected chi connectivity index (χ4v) is 2.42. The molecule has 1 fully saturated rings. The summed E-state index contributed by atoms with van der Waals surface area (Å²) in [7, 11) is 0. The molecule has 0 aromatic heterocycles. The van der Waals surface area contributed by atoms with Crippen molar-refractivity contribution in [3.8, 4) is 0 Å². The highest BCUT2D eigenvalue weighted by Gasteiger charge is 2.21. The zero-order chi connectivity index (χ0) is 11.3. The summed E-state index contributed by atoms with van der Waals surface area (Å²) in [4.78, 5) is 0. The first kappa shape index (κ1) is 12.8. The summed E-state index contributed by atoms with van der Waals surface area (Å²) in [6, 6.07) is 1.06. The zero-order valence-electron chi connectivity index (χ0n) is 10.2. The average molecular weight is 228 g/mol. The van der Waals surface area contributed by atoms with Crippen LogP contribution in [0, 0.1) is 5.92 Å². The summed E-state index contributed by atoms with van der Waals surface area (Å²) in [5.74, 6) is 0.760. The topological polar surface area (TPSA) is 24.1 Å². The SMILES string of the molecule is CC[C@H](C)NC(=S)N[C@@H]1CCCC[C@@H]1C. The van der Waals surface area contributed by atoms with Crippen LogP contribution < -0.4 is 10.6 Å². The third-order valence-corrected chi connectivity index (χ3v) is 3.65. The van der Waals surface area contributed by atoms with Gasteiger partial charge in [0.25, 0.3) is 0 Å². The van der Waals surface area contributed by atoms with Crippen molar-refractivity contribution in [3.63, 3.8) is 0 Å². The van der Waals surface area contributed by atoms with Crippen LogP contribution in [0.15, 0.2) is 0 Å². The second-order valence-corrected chi connectivity index (χ2v) is 5.20. The minimum atomic E-state index is 0.476. The van der Waals surface area contributed by atoms with Crippen molar-refractivity contribution < 1.29 is 0 Å². The molecule has 0 unspecified atom stereocenters. The Kier molecular flexibility index (Phi) is 5.37. The Bertz CT molecular complexity index is 206. The smallest absolute Gasteiger partial charge is 0.166 e. The number of nitrogens with one attached hydrogen (secondary N) is 2. The van der Waals surface area contributed by atoms with Crippen LogP contribution in [0.5, 0.6) is 0 Å². The van der Waals surface area contributed by atoms with E-state index in [0.29, 0.717) is 12.1 Å². The zero-order valence-corrected chi connectivity index (χ0v) is 11.0. The summed E-state index contributed by atoms with van der Waals surface area (Å²) in [5.41, 5.74) is 0. The molecule has 0 heterocycles. The third-order valence-electron chi connectivity index (χ3n) is 3.42. The molecule has 1 aliphatic carbocycles. The molecule has 0 spiro atoms. The maximum Gasteiger partial charge on any atom is 0.166 e. The normalized spacial score (nSPS) is 28.2. The molecule has 3 atom stereocenters. The highest BCUT2D eigenvalue weighted by Crippen LogP contribution is 2.23. The fourth-order valence-electron chi connectivity index (χ4n) is 2.07. The average Bonchev–Trinajstić information content (AvgIpc) is 2.21. The molecule has 1 aliphatic rings. The molecule has 88 valence electrons. The van der Waals surface area contributed by atoms with Crippen LogP contribution in [0.4, 0.5) is 0 Å². The van der Waals surface area contributed by atoms with E-state index in [1.807, 2.05) is 0 Å². The molecule has 3 heteroatoms. The second-order valence-electron chi connectivity index (χ2n) is 4.80. The van der Waals surface area contributed by atoms with Crippen LogP contribution in [0.1, 0.15) is 52.9 Å². The van der Waals surface area contributed by atoms with Gasteiger partial charge in [-0.15, -0.1) is 0 Å². The number of hydrogen-bond donors (Lipinski definition) is 2. The number of rotatable bonds is 3. The van der Waals surface area contributed by atoms with Crippen molar-refractivity contribution in [3.05, 3.63) is 0 Å². The molecule has 1 saturated carbocycles. The molecule has 2 N–H and O–H groups in total. The monoisotopic (exact) mass is 228 g/mol. The van der Waals surface area contributed by atoms with Gasteiger partial charge < -0.3 is 10.6 Å². The molecule has 0 amide bonds. The van der Waals surface area contributed by atoms with Crippen molar-refractivity contribution in [1.82, 2.24) is 10.6 Å². The van der Waals surface area contributed by atoms with E-state index in [0.717, 1.165) is 17.5 Å². The Morgan fingerprint density at radius 1 is 1.40 bits per heavy atom. The van der Waals surface area contributed by atoms with E-state index in [-0.39, 0.29) is 0 Å². The minimum Gasteiger partial charge on any atom is -0.360 e. The van der Waals surface area contributed by atoms with Crippen LogP contribution in [-0.4, -0.2) is 17.2 Å². The predicted molar refractivity (Wildman–Crippen MR) is 70.0 cm³/mol. The highest BCUT2D eigenvalue weighted by atomic mass is 32.1. The number of thiocarbonyl (C=S) groups is 1. The molecular weight excluding hydrogens is 204 g/mol. The van der Waals surface area contributed by atoms with Crippen LogP contribution >= 0.6 is 12.2 Å². The summed E-state index contributed by atoms with van der Waals surface area (Å²) < 4.78 is 0. The van der Waals surface area contributed by atoms with E-state index in [4.69, 9.17) is 12.2 Å². The van der Waals surface area contributed by atoms with Gasteiger partial charge in [-0.2, -0.15) is 0 Å². The predicted octanol–water partition coefficient (Wildman–Crippen LogP) is 2.83. The van der Waals surface area contributed by atoms with Gasteiger partial charge in [0.05, 0.1) is 0 Å². The van der Waals surface area contributed by atoms with Gasteiger partial charge in [-0.3, -0.25) is 0 Å². The molecule has 0 radical (unpaired) electrons. The van der Waals surface area contributed by atoms with E-state index in [2.05, 4.69) is 31.4 Å². The lowest BCUT2D eigenvalue weighted by molar-refractivity contribution is 0.307. The third kappa shape index (κ3) is 4.37. The van der Waals surface area contributed by atoms with Gasteiger partial charge in [0.1, 0.15) is 0 Å². The lowest BCUT2D eigenvalue weighted by Crippen LogP contribution is -2.48. The summed E-state index contributed by atoms with van der Waals surface area (Å²) in [6.45, 7) is 6.66. The van der Waals surface area contributed by atoms with Gasteiger partial charge in [0.15, 0.2) is 5.11 Å². The van der Waals surface area contributed by atoms with Crippen molar-refractivity contribution in [1.29, 1.82) is 0 Å². The quantitative estimate of drug-likeness (QED) is 0.726. The Morgan fingerprint density at radius 2 is 2.07 bits per heavy atom. The van der Waals surface area contributed by atoms with Crippen LogP contribution in [0.25, 0.3) is 0 Å². The standard InChI is InChI=1S/C12H24N2S/c1-4-10(3)13-12(15)14-11-8-6-5-7-9(11)2/h9-11H,4-8H2,1-3H3,(H2,13,14,15)/t9-,10-,11+/m0/s1. The largest absolute Gasteiger partial charge is 0.360 e. The maximum atomic E-state index is 5.31.